The van der Waals surface area contributed by atoms with Crippen LogP contribution in [0.4, 0.5) is 0 Å². The minimum atomic E-state index is -4.33. The fourth-order valence-electron chi connectivity index (χ4n) is 1.98. The molecule has 0 heterocycles. The number of hydrogen-bond acceptors (Lipinski definition) is 2. The summed E-state index contributed by atoms with van der Waals surface area (Å²) < 4.78 is 15.7. The molecular formula is C8H17O4P. The Balaban J connectivity index is 2.74. The van der Waals surface area contributed by atoms with Crippen LogP contribution in [0.2, 0.25) is 0 Å². The van der Waals surface area contributed by atoms with Crippen molar-refractivity contribution in [1.29, 1.82) is 0 Å². The van der Waals surface area contributed by atoms with Gasteiger partial charge < -0.3 is 9.79 Å². The summed E-state index contributed by atoms with van der Waals surface area (Å²) in [5.41, 5.74) is -0.584. The molecule has 2 N–H and O–H groups in total. The second kappa shape index (κ2) is 3.70. The molecule has 1 aliphatic carbocycles. The second-order valence-corrected chi connectivity index (χ2v) is 5.17. The molecule has 1 fully saturated rings. The van der Waals surface area contributed by atoms with Crippen molar-refractivity contribution in [3.63, 3.8) is 0 Å². The van der Waals surface area contributed by atoms with E-state index in [1.54, 1.807) is 0 Å². The third-order valence-corrected chi connectivity index (χ3v) is 3.40. The zero-order chi connectivity index (χ0) is 10.1. The van der Waals surface area contributed by atoms with Gasteiger partial charge in [-0.05, 0) is 18.8 Å². The molecule has 0 atom stereocenters. The summed E-state index contributed by atoms with van der Waals surface area (Å²) in [4.78, 5) is 17.6. The summed E-state index contributed by atoms with van der Waals surface area (Å²) >= 11 is 0. The highest BCUT2D eigenvalue weighted by Gasteiger charge is 2.42. The van der Waals surface area contributed by atoms with Crippen LogP contribution in [0.15, 0.2) is 0 Å². The highest BCUT2D eigenvalue weighted by molar-refractivity contribution is 7.46. The van der Waals surface area contributed by atoms with Gasteiger partial charge in [0.05, 0.1) is 5.60 Å². The normalized spacial score (nSPS) is 22.5. The molecule has 0 bridgehead atoms. The number of rotatable bonds is 3. The third-order valence-electron chi connectivity index (χ3n) is 2.80. The molecule has 0 aromatic rings. The van der Waals surface area contributed by atoms with E-state index < -0.39 is 13.4 Å². The van der Waals surface area contributed by atoms with Crippen molar-refractivity contribution in [2.45, 2.75) is 45.1 Å². The first-order valence-electron chi connectivity index (χ1n) is 4.62. The van der Waals surface area contributed by atoms with Gasteiger partial charge in [0, 0.05) is 0 Å². The highest BCUT2D eigenvalue weighted by atomic mass is 31.2. The van der Waals surface area contributed by atoms with E-state index in [-0.39, 0.29) is 5.92 Å². The molecule has 78 valence electrons. The fourth-order valence-corrected chi connectivity index (χ4v) is 2.85. The molecule has 0 aromatic heterocycles. The Bertz CT molecular complexity index is 214. The largest absolute Gasteiger partial charge is 0.470 e. The number of hydrogen-bond donors (Lipinski definition) is 2. The zero-order valence-corrected chi connectivity index (χ0v) is 8.96. The zero-order valence-electron chi connectivity index (χ0n) is 8.06. The lowest BCUT2D eigenvalue weighted by molar-refractivity contribution is 0.000900. The maximum absolute atomic E-state index is 10.8. The first-order chi connectivity index (χ1) is 5.86. The molecule has 5 heteroatoms. The van der Waals surface area contributed by atoms with Crippen molar-refractivity contribution in [3.05, 3.63) is 0 Å². The predicted molar refractivity (Wildman–Crippen MR) is 49.2 cm³/mol. The van der Waals surface area contributed by atoms with Crippen LogP contribution in [-0.2, 0) is 9.09 Å². The molecule has 1 rings (SSSR count). The minimum Gasteiger partial charge on any atom is -0.303 e. The van der Waals surface area contributed by atoms with Gasteiger partial charge in [0.2, 0.25) is 0 Å². The second-order valence-electron chi connectivity index (χ2n) is 4.01. The Morgan fingerprint density at radius 2 is 1.77 bits per heavy atom. The molecule has 13 heavy (non-hydrogen) atoms. The molecule has 0 unspecified atom stereocenters. The van der Waals surface area contributed by atoms with Gasteiger partial charge in [0.1, 0.15) is 0 Å². The fraction of sp³-hybridized carbons (Fsp3) is 1.00. The Hall–Kier alpha value is 0.110. The molecule has 4 nitrogen and oxygen atoms in total. The molecule has 0 aromatic carbocycles. The van der Waals surface area contributed by atoms with Crippen molar-refractivity contribution in [2.24, 2.45) is 5.92 Å². The van der Waals surface area contributed by atoms with Crippen LogP contribution in [0.5, 0.6) is 0 Å². The van der Waals surface area contributed by atoms with Crippen molar-refractivity contribution >= 4 is 7.82 Å². The molecule has 1 saturated carbocycles. The van der Waals surface area contributed by atoms with E-state index >= 15 is 0 Å². The first kappa shape index (κ1) is 11.2. The Morgan fingerprint density at radius 1 is 1.31 bits per heavy atom. The van der Waals surface area contributed by atoms with E-state index in [4.69, 9.17) is 14.3 Å². The average Bonchev–Trinajstić information content (AvgIpc) is 2.33. The quantitative estimate of drug-likeness (QED) is 0.696. The van der Waals surface area contributed by atoms with Gasteiger partial charge in [-0.1, -0.05) is 26.7 Å². The van der Waals surface area contributed by atoms with Crippen LogP contribution in [0.1, 0.15) is 39.5 Å². The van der Waals surface area contributed by atoms with Gasteiger partial charge in [-0.25, -0.2) is 4.57 Å². The van der Waals surface area contributed by atoms with E-state index in [1.807, 2.05) is 13.8 Å². The third kappa shape index (κ3) is 2.78. The Morgan fingerprint density at radius 3 is 2.08 bits per heavy atom. The van der Waals surface area contributed by atoms with Crippen LogP contribution < -0.4 is 0 Å². The maximum atomic E-state index is 10.8. The van der Waals surface area contributed by atoms with E-state index in [9.17, 15) is 4.57 Å². The Kier molecular flexibility index (Phi) is 3.18. The Labute approximate surface area is 78.5 Å². The van der Waals surface area contributed by atoms with Crippen molar-refractivity contribution in [2.75, 3.05) is 0 Å². The lowest BCUT2D eigenvalue weighted by Gasteiger charge is -2.33. The molecule has 0 aliphatic heterocycles. The molecule has 0 saturated heterocycles. The predicted octanol–water partition coefficient (Wildman–Crippen LogP) is 2.06. The van der Waals surface area contributed by atoms with Gasteiger partial charge in [0.25, 0.3) is 0 Å². The summed E-state index contributed by atoms with van der Waals surface area (Å²) in [6, 6.07) is 0. The summed E-state index contributed by atoms with van der Waals surface area (Å²) in [5.74, 6) is 0.155. The lowest BCUT2D eigenvalue weighted by atomic mass is 9.89. The van der Waals surface area contributed by atoms with E-state index in [1.165, 1.54) is 0 Å². The molecule has 0 radical (unpaired) electrons. The molecule has 0 spiro atoms. The molecule has 0 amide bonds. The van der Waals surface area contributed by atoms with Crippen LogP contribution in [0, 0.1) is 5.92 Å². The smallest absolute Gasteiger partial charge is 0.303 e. The van der Waals surface area contributed by atoms with Gasteiger partial charge in [0.15, 0.2) is 0 Å². The molecular weight excluding hydrogens is 191 g/mol. The SMILES string of the molecule is CC(C)C1(OP(=O)(O)O)CCCC1. The van der Waals surface area contributed by atoms with Crippen molar-refractivity contribution in [1.82, 2.24) is 0 Å². The lowest BCUT2D eigenvalue weighted by Crippen LogP contribution is -2.34. The van der Waals surface area contributed by atoms with Crippen LogP contribution in [-0.4, -0.2) is 15.4 Å². The summed E-state index contributed by atoms with van der Waals surface area (Å²) in [7, 11) is -4.33. The van der Waals surface area contributed by atoms with Gasteiger partial charge in [-0.2, -0.15) is 0 Å². The van der Waals surface area contributed by atoms with E-state index in [0.29, 0.717) is 0 Å². The first-order valence-corrected chi connectivity index (χ1v) is 6.15. The van der Waals surface area contributed by atoms with Gasteiger partial charge >= 0.3 is 7.82 Å². The maximum Gasteiger partial charge on any atom is 0.470 e. The molecule has 1 aliphatic rings. The van der Waals surface area contributed by atoms with Crippen molar-refractivity contribution < 1.29 is 18.9 Å². The number of phosphoric ester groups is 1. The number of phosphoric acid groups is 1. The van der Waals surface area contributed by atoms with Gasteiger partial charge in [-0.3, -0.25) is 4.52 Å². The topological polar surface area (TPSA) is 66.8 Å². The highest BCUT2D eigenvalue weighted by Crippen LogP contribution is 2.50. The van der Waals surface area contributed by atoms with Gasteiger partial charge in [-0.15, -0.1) is 0 Å². The standard InChI is InChI=1S/C8H17O4P/c1-7(2)8(5-3-4-6-8)12-13(9,10)11/h7H,3-6H2,1-2H3,(H2,9,10,11). The monoisotopic (exact) mass is 208 g/mol. The minimum absolute atomic E-state index is 0.155. The summed E-state index contributed by atoms with van der Waals surface area (Å²) in [6.07, 6.45) is 3.52. The average molecular weight is 208 g/mol. The van der Waals surface area contributed by atoms with E-state index in [2.05, 4.69) is 0 Å². The summed E-state index contributed by atoms with van der Waals surface area (Å²) in [6.45, 7) is 3.89. The van der Waals surface area contributed by atoms with Crippen LogP contribution >= 0.6 is 7.82 Å². The van der Waals surface area contributed by atoms with Crippen LogP contribution in [0.3, 0.4) is 0 Å². The van der Waals surface area contributed by atoms with E-state index in [0.717, 1.165) is 25.7 Å². The van der Waals surface area contributed by atoms with Crippen molar-refractivity contribution in [3.8, 4) is 0 Å². The summed E-state index contributed by atoms with van der Waals surface area (Å²) in [5, 5.41) is 0. The van der Waals surface area contributed by atoms with Crippen LogP contribution in [0.25, 0.3) is 0 Å².